The van der Waals surface area contributed by atoms with Gasteiger partial charge in [0.15, 0.2) is 0 Å². The van der Waals surface area contributed by atoms with Crippen LogP contribution in [0.15, 0.2) is 63.9 Å². The highest BCUT2D eigenvalue weighted by atomic mass is 35.5. The summed E-state index contributed by atoms with van der Waals surface area (Å²) in [6.45, 7) is 0.653. The summed E-state index contributed by atoms with van der Waals surface area (Å²) in [5.41, 5.74) is 6.22. The Morgan fingerprint density at radius 1 is 1.10 bits per heavy atom. The van der Waals surface area contributed by atoms with Gasteiger partial charge in [0.05, 0.1) is 51.4 Å². The van der Waals surface area contributed by atoms with E-state index in [1.807, 2.05) is 23.1 Å². The summed E-state index contributed by atoms with van der Waals surface area (Å²) in [4.78, 5) is 39.1. The van der Waals surface area contributed by atoms with Crippen LogP contribution in [0.1, 0.15) is 69.8 Å². The van der Waals surface area contributed by atoms with Gasteiger partial charge >= 0.3 is 5.76 Å². The van der Waals surface area contributed by atoms with Gasteiger partial charge in [-0.1, -0.05) is 29.8 Å². The van der Waals surface area contributed by atoms with Crippen LogP contribution in [0, 0.1) is 5.82 Å². The van der Waals surface area contributed by atoms with Crippen molar-refractivity contribution in [3.8, 4) is 27.6 Å². The van der Waals surface area contributed by atoms with Crippen LogP contribution < -0.4 is 15.8 Å². The van der Waals surface area contributed by atoms with Gasteiger partial charge in [-0.25, -0.2) is 19.3 Å². The van der Waals surface area contributed by atoms with E-state index in [0.29, 0.717) is 52.5 Å². The van der Waals surface area contributed by atoms with Crippen molar-refractivity contribution in [1.82, 2.24) is 25.1 Å². The molecule has 6 heterocycles. The number of halogens is 2. The summed E-state index contributed by atoms with van der Waals surface area (Å²) in [6.07, 6.45) is 6.18. The number of hydrogen-bond acceptors (Lipinski definition) is 9. The Morgan fingerprint density at radius 3 is 2.76 bits per heavy atom. The highest BCUT2D eigenvalue weighted by Gasteiger charge is 2.45. The number of nitrogens with one attached hydrogen (secondary N) is 2. The van der Waals surface area contributed by atoms with Gasteiger partial charge in [-0.15, -0.1) is 16.4 Å². The zero-order chi connectivity index (χ0) is 34.1. The SMILES string of the molecule is COc1c(Cl)ccc2c1CC[C@H]2Nc1nccc2cc(-c3c4c(nc(CCc5ccc(F)cc5)c3-c3n[nH]c(=O)o3)[C@H]3CCCN3C4=O)sc12. The van der Waals surface area contributed by atoms with Gasteiger partial charge in [0.25, 0.3) is 11.8 Å². The third-order valence-corrected chi connectivity index (χ3v) is 11.5. The fourth-order valence-corrected chi connectivity index (χ4v) is 9.25. The Morgan fingerprint density at radius 2 is 1.96 bits per heavy atom. The fraction of sp³-hybridized carbons (Fsp3) is 0.270. The third-order valence-electron chi connectivity index (χ3n) is 10.1. The number of carbonyl (C=O) groups is 1. The van der Waals surface area contributed by atoms with Crippen LogP contribution in [0.25, 0.3) is 32.0 Å². The van der Waals surface area contributed by atoms with Crippen LogP contribution in [0.5, 0.6) is 5.75 Å². The standard InChI is InChI=1S/C37H30ClFN6O4S/c1-48-32-22-10-13-24(21(22)9-11-23(32)38)42-34-33-19(14-15-40-34)17-27(50-33)29-28(35-43-44-37(47)49-35)25(12-6-18-4-7-20(39)8-5-18)41-31-26-3-2-16-45(26)36(46)30(29)31/h4-5,7-9,11,14-15,17,24,26H,2-3,6,10,12-13,16H2,1H3,(H,40,42)(H,44,47)/t24-,26-/m1/s1. The van der Waals surface area contributed by atoms with Crippen LogP contribution in [-0.4, -0.2) is 44.6 Å². The lowest BCUT2D eigenvalue weighted by molar-refractivity contribution is 0.0776. The van der Waals surface area contributed by atoms with Gasteiger partial charge in [0, 0.05) is 28.7 Å². The molecule has 0 saturated carbocycles. The Balaban J connectivity index is 1.20. The Hall–Kier alpha value is -5.07. The second-order valence-electron chi connectivity index (χ2n) is 12.8. The molecule has 1 saturated heterocycles. The minimum atomic E-state index is -0.704. The zero-order valence-corrected chi connectivity index (χ0v) is 28.5. The predicted octanol–water partition coefficient (Wildman–Crippen LogP) is 7.68. The summed E-state index contributed by atoms with van der Waals surface area (Å²) >= 11 is 7.95. The Kier molecular flexibility index (Phi) is 7.47. The number of aromatic nitrogens is 4. The molecule has 0 spiro atoms. The van der Waals surface area contributed by atoms with Crippen molar-refractivity contribution in [2.45, 2.75) is 50.6 Å². The number of carbonyl (C=O) groups excluding carboxylic acids is 1. The number of benzene rings is 2. The summed E-state index contributed by atoms with van der Waals surface area (Å²) < 4.78 is 25.9. The van der Waals surface area contributed by atoms with Gasteiger partial charge in [-0.2, -0.15) is 0 Å². The molecule has 9 rings (SSSR count). The van der Waals surface area contributed by atoms with Gasteiger partial charge < -0.3 is 19.4 Å². The molecular weight excluding hydrogens is 679 g/mol. The molecule has 252 valence electrons. The maximum Gasteiger partial charge on any atom is 0.434 e. The molecule has 0 bridgehead atoms. The first-order valence-corrected chi connectivity index (χ1v) is 17.8. The number of pyridine rings is 2. The highest BCUT2D eigenvalue weighted by molar-refractivity contribution is 7.23. The number of rotatable bonds is 8. The summed E-state index contributed by atoms with van der Waals surface area (Å²) in [7, 11) is 1.64. The summed E-state index contributed by atoms with van der Waals surface area (Å²) in [6, 6.07) is 14.2. The number of fused-ring (bicyclic) bond motifs is 5. The van der Waals surface area contributed by atoms with Crippen molar-refractivity contribution >= 4 is 44.7 Å². The normalized spacial score (nSPS) is 17.7. The van der Waals surface area contributed by atoms with Crippen molar-refractivity contribution in [3.05, 3.63) is 110 Å². The molecular formula is C37H30ClFN6O4S. The van der Waals surface area contributed by atoms with Crippen LogP contribution >= 0.6 is 22.9 Å². The second-order valence-corrected chi connectivity index (χ2v) is 14.3. The summed E-state index contributed by atoms with van der Waals surface area (Å²) in [5, 5.41) is 11.9. The van der Waals surface area contributed by atoms with E-state index >= 15 is 0 Å². The van der Waals surface area contributed by atoms with E-state index in [1.165, 1.54) is 23.5 Å². The topological polar surface area (TPSA) is 126 Å². The van der Waals surface area contributed by atoms with Crippen molar-refractivity contribution in [1.29, 1.82) is 0 Å². The lowest BCUT2D eigenvalue weighted by atomic mass is 9.93. The largest absolute Gasteiger partial charge is 0.495 e. The molecule has 1 aliphatic carbocycles. The van der Waals surface area contributed by atoms with Crippen molar-refractivity contribution in [3.63, 3.8) is 0 Å². The molecule has 10 nitrogen and oxygen atoms in total. The number of aromatic amines is 1. The summed E-state index contributed by atoms with van der Waals surface area (Å²) in [5.74, 6) is 0.413. The molecule has 1 fully saturated rings. The number of H-pyrrole nitrogens is 1. The minimum absolute atomic E-state index is 0.00528. The average Bonchev–Trinajstić information content (AvgIpc) is 3.96. The number of ether oxygens (including phenoxy) is 1. The first-order valence-electron chi connectivity index (χ1n) is 16.6. The van der Waals surface area contributed by atoms with Crippen molar-refractivity contribution < 1.29 is 18.3 Å². The van der Waals surface area contributed by atoms with Gasteiger partial charge in [0.2, 0.25) is 0 Å². The van der Waals surface area contributed by atoms with Crippen molar-refractivity contribution in [2.75, 3.05) is 19.0 Å². The Labute approximate surface area is 294 Å². The lowest BCUT2D eigenvalue weighted by Crippen LogP contribution is -2.22. The van der Waals surface area contributed by atoms with Crippen LogP contribution in [0.2, 0.25) is 5.02 Å². The van der Waals surface area contributed by atoms with Crippen LogP contribution in [0.3, 0.4) is 0 Å². The van der Waals surface area contributed by atoms with Gasteiger partial charge in [0.1, 0.15) is 17.4 Å². The van der Waals surface area contributed by atoms with E-state index in [9.17, 15) is 14.0 Å². The van der Waals surface area contributed by atoms with E-state index < -0.39 is 5.76 Å². The van der Waals surface area contributed by atoms with E-state index in [2.05, 4.69) is 21.6 Å². The molecule has 2 atom stereocenters. The molecule has 0 unspecified atom stereocenters. The molecule has 50 heavy (non-hydrogen) atoms. The molecule has 2 N–H and O–H groups in total. The zero-order valence-electron chi connectivity index (χ0n) is 26.9. The van der Waals surface area contributed by atoms with Crippen LogP contribution in [0.4, 0.5) is 10.2 Å². The number of thiophene rings is 1. The number of anilines is 1. The molecule has 1 amide bonds. The fourth-order valence-electron chi connectivity index (χ4n) is 7.83. The van der Waals surface area contributed by atoms with Crippen LogP contribution in [-0.2, 0) is 19.3 Å². The third kappa shape index (κ3) is 4.99. The monoisotopic (exact) mass is 708 g/mol. The average molecular weight is 709 g/mol. The van der Waals surface area contributed by atoms with E-state index in [1.54, 1.807) is 25.4 Å². The molecule has 3 aliphatic rings. The van der Waals surface area contributed by atoms with E-state index in [-0.39, 0.29) is 29.7 Å². The number of nitrogens with zero attached hydrogens (tertiary/aromatic N) is 4. The highest BCUT2D eigenvalue weighted by Crippen LogP contribution is 2.51. The quantitative estimate of drug-likeness (QED) is 0.165. The molecule has 6 aromatic rings. The smallest absolute Gasteiger partial charge is 0.434 e. The number of methoxy groups -OCH3 is 1. The van der Waals surface area contributed by atoms with Gasteiger partial charge in [-0.3, -0.25) is 9.78 Å². The number of hydrogen-bond donors (Lipinski definition) is 2. The lowest BCUT2D eigenvalue weighted by Gasteiger charge is -2.16. The maximum atomic E-state index is 14.2. The van der Waals surface area contributed by atoms with Crippen molar-refractivity contribution in [2.24, 2.45) is 0 Å². The predicted molar refractivity (Wildman–Crippen MR) is 188 cm³/mol. The first-order chi connectivity index (χ1) is 24.4. The number of aryl methyl sites for hydroxylation is 2. The second kappa shape index (κ2) is 12.1. The van der Waals surface area contributed by atoms with E-state index in [4.69, 9.17) is 30.7 Å². The Bertz CT molecular complexity index is 2390. The first kappa shape index (κ1) is 30.9. The number of amides is 1. The van der Waals surface area contributed by atoms with Gasteiger partial charge in [-0.05, 0) is 85.4 Å². The van der Waals surface area contributed by atoms with E-state index in [0.717, 1.165) is 68.8 Å². The molecule has 0 radical (unpaired) electrons. The molecule has 4 aromatic heterocycles. The molecule has 2 aromatic carbocycles. The maximum absolute atomic E-state index is 14.2. The minimum Gasteiger partial charge on any atom is -0.495 e. The molecule has 2 aliphatic heterocycles. The molecule has 13 heteroatoms.